The molecule has 0 atom stereocenters. The number of H-pyrrole nitrogens is 1. The van der Waals surface area contributed by atoms with Crippen molar-refractivity contribution in [3.63, 3.8) is 0 Å². The van der Waals surface area contributed by atoms with Crippen LogP contribution >= 0.6 is 11.3 Å². The predicted molar refractivity (Wildman–Crippen MR) is 123 cm³/mol. The molecule has 2 aromatic heterocycles. The minimum Gasteiger partial charge on any atom is -0.507 e. The van der Waals surface area contributed by atoms with Gasteiger partial charge in [-0.25, -0.2) is 0 Å². The molecule has 0 aliphatic heterocycles. The molecular weight excluding hydrogens is 380 g/mol. The highest BCUT2D eigenvalue weighted by atomic mass is 32.1. The molecule has 0 saturated heterocycles. The second kappa shape index (κ2) is 7.32. The number of nitrogens with one attached hydrogen (secondary N) is 1. The number of hydrogen-bond donors (Lipinski definition) is 3. The summed E-state index contributed by atoms with van der Waals surface area (Å²) in [4.78, 5) is 15.5. The van der Waals surface area contributed by atoms with Gasteiger partial charge in [-0.2, -0.15) is 0 Å². The first-order valence-corrected chi connectivity index (χ1v) is 10.9. The quantitative estimate of drug-likeness (QED) is 0.413. The number of phenolic OH excluding ortho intramolecular Hbond substituents is 1. The molecule has 4 nitrogen and oxygen atoms in total. The Balaban J connectivity index is 2.00. The third-order valence-corrected chi connectivity index (χ3v) is 7.33. The number of fused-ring (bicyclic) bond motifs is 3. The van der Waals surface area contributed by atoms with Gasteiger partial charge in [0.15, 0.2) is 0 Å². The van der Waals surface area contributed by atoms with Crippen LogP contribution in [0.3, 0.4) is 0 Å². The summed E-state index contributed by atoms with van der Waals surface area (Å²) in [6.07, 6.45) is 1.96. The van der Waals surface area contributed by atoms with E-state index < -0.39 is 0 Å². The summed E-state index contributed by atoms with van der Waals surface area (Å²) in [7, 11) is 0. The Morgan fingerprint density at radius 1 is 1.14 bits per heavy atom. The van der Waals surface area contributed by atoms with Crippen molar-refractivity contribution in [3.05, 3.63) is 63.3 Å². The first-order valence-electron chi connectivity index (χ1n) is 10.0. The molecule has 0 aliphatic carbocycles. The standard InChI is InChI=1S/C24H26N2O2S/c1-4-24(5-2,13-25)16-8-6-15(7-9-16)19-18(27)12-14(3)21-20(19)17-10-11-29-22(17)23(28)26-21/h6-12,27H,4-5,13,25H2,1-3H3,(H,26,28). The van der Waals surface area contributed by atoms with E-state index in [-0.39, 0.29) is 16.7 Å². The van der Waals surface area contributed by atoms with Gasteiger partial charge in [0.2, 0.25) is 0 Å². The van der Waals surface area contributed by atoms with Crippen LogP contribution < -0.4 is 11.3 Å². The van der Waals surface area contributed by atoms with E-state index in [1.54, 1.807) is 6.07 Å². The molecule has 0 fully saturated rings. The van der Waals surface area contributed by atoms with Gasteiger partial charge in [0.1, 0.15) is 10.4 Å². The SMILES string of the molecule is CCC(CC)(CN)c1ccc(-c2c(O)cc(C)c3[nH]c(=O)c4sccc4c23)cc1. The molecule has 2 heterocycles. The zero-order valence-corrected chi connectivity index (χ0v) is 17.8. The molecule has 0 spiro atoms. The van der Waals surface area contributed by atoms with Gasteiger partial charge in [-0.15, -0.1) is 11.3 Å². The lowest BCUT2D eigenvalue weighted by Crippen LogP contribution is -2.33. The average molecular weight is 407 g/mol. The monoisotopic (exact) mass is 406 g/mol. The van der Waals surface area contributed by atoms with Crippen molar-refractivity contribution in [1.29, 1.82) is 0 Å². The summed E-state index contributed by atoms with van der Waals surface area (Å²) in [5.74, 6) is 0.221. The minimum absolute atomic E-state index is 0.0260. The summed E-state index contributed by atoms with van der Waals surface area (Å²) in [6, 6.07) is 12.0. The maximum Gasteiger partial charge on any atom is 0.266 e. The first-order chi connectivity index (χ1) is 14.0. The molecule has 0 aliphatic rings. The summed E-state index contributed by atoms with van der Waals surface area (Å²) < 4.78 is 0.680. The molecule has 0 radical (unpaired) electrons. The summed E-state index contributed by atoms with van der Waals surface area (Å²) >= 11 is 1.42. The number of aryl methyl sites for hydroxylation is 1. The Hall–Kier alpha value is -2.63. The molecule has 0 unspecified atom stereocenters. The summed E-state index contributed by atoms with van der Waals surface area (Å²) in [6.45, 7) is 6.86. The van der Waals surface area contributed by atoms with E-state index in [1.165, 1.54) is 16.9 Å². The summed E-state index contributed by atoms with van der Waals surface area (Å²) in [5.41, 5.74) is 10.5. The topological polar surface area (TPSA) is 79.1 Å². The fourth-order valence-corrected chi connectivity index (χ4v) is 5.23. The lowest BCUT2D eigenvalue weighted by Gasteiger charge is -2.31. The third-order valence-electron chi connectivity index (χ3n) is 6.41. The Labute approximate surface area is 174 Å². The molecular formula is C24H26N2O2S. The molecule has 4 N–H and O–H groups in total. The van der Waals surface area contributed by atoms with Crippen molar-refractivity contribution in [2.24, 2.45) is 5.73 Å². The van der Waals surface area contributed by atoms with Crippen molar-refractivity contribution in [3.8, 4) is 16.9 Å². The van der Waals surface area contributed by atoms with E-state index in [4.69, 9.17) is 5.73 Å². The fourth-order valence-electron chi connectivity index (χ4n) is 4.43. The molecule has 29 heavy (non-hydrogen) atoms. The second-order valence-electron chi connectivity index (χ2n) is 7.72. The molecule has 5 heteroatoms. The predicted octanol–water partition coefficient (Wildman–Crippen LogP) is 5.44. The molecule has 0 amide bonds. The largest absolute Gasteiger partial charge is 0.507 e. The minimum atomic E-state index is -0.0868. The van der Waals surface area contributed by atoms with Gasteiger partial charge in [-0.3, -0.25) is 4.79 Å². The Morgan fingerprint density at radius 3 is 2.45 bits per heavy atom. The second-order valence-corrected chi connectivity index (χ2v) is 8.64. The number of benzene rings is 2. The van der Waals surface area contributed by atoms with Gasteiger partial charge in [-0.1, -0.05) is 38.1 Å². The van der Waals surface area contributed by atoms with Crippen LogP contribution in [0.5, 0.6) is 5.75 Å². The van der Waals surface area contributed by atoms with Gasteiger partial charge >= 0.3 is 0 Å². The lowest BCUT2D eigenvalue weighted by molar-refractivity contribution is 0.407. The van der Waals surface area contributed by atoms with Crippen molar-refractivity contribution in [2.45, 2.75) is 39.0 Å². The van der Waals surface area contributed by atoms with Crippen LogP contribution in [0.15, 0.2) is 46.6 Å². The Kier molecular flexibility index (Phi) is 4.97. The normalized spacial score (nSPS) is 12.1. The molecule has 0 saturated carbocycles. The van der Waals surface area contributed by atoms with Crippen LogP contribution in [0, 0.1) is 6.92 Å². The van der Waals surface area contributed by atoms with E-state index in [9.17, 15) is 9.90 Å². The zero-order valence-electron chi connectivity index (χ0n) is 17.0. The van der Waals surface area contributed by atoms with Gasteiger partial charge < -0.3 is 15.8 Å². The first kappa shape index (κ1) is 19.7. The van der Waals surface area contributed by atoms with Crippen LogP contribution in [0.25, 0.3) is 32.1 Å². The number of aromatic nitrogens is 1. The maximum atomic E-state index is 12.5. The molecule has 4 aromatic rings. The Morgan fingerprint density at radius 2 is 1.83 bits per heavy atom. The third kappa shape index (κ3) is 2.96. The van der Waals surface area contributed by atoms with Gasteiger partial charge in [0.05, 0.1) is 5.52 Å². The number of nitrogens with two attached hydrogens (primary N) is 1. The van der Waals surface area contributed by atoms with E-state index in [1.807, 2.05) is 18.4 Å². The van der Waals surface area contributed by atoms with Gasteiger partial charge in [-0.05, 0) is 54.0 Å². The van der Waals surface area contributed by atoms with E-state index in [0.29, 0.717) is 11.2 Å². The number of hydrogen-bond acceptors (Lipinski definition) is 4. The molecule has 150 valence electrons. The highest BCUT2D eigenvalue weighted by molar-refractivity contribution is 7.17. The number of aromatic amines is 1. The van der Waals surface area contributed by atoms with E-state index in [2.05, 4.69) is 43.1 Å². The molecule has 4 rings (SSSR count). The molecule has 0 bridgehead atoms. The highest BCUT2D eigenvalue weighted by Gasteiger charge is 2.27. The van der Waals surface area contributed by atoms with Crippen molar-refractivity contribution >= 4 is 32.3 Å². The zero-order chi connectivity index (χ0) is 20.8. The molecule has 2 aromatic carbocycles. The van der Waals surface area contributed by atoms with Crippen LogP contribution in [0.1, 0.15) is 37.8 Å². The Bertz CT molecular complexity index is 1240. The number of pyridine rings is 1. The van der Waals surface area contributed by atoms with E-state index in [0.717, 1.165) is 45.8 Å². The van der Waals surface area contributed by atoms with Crippen LogP contribution in [0.2, 0.25) is 0 Å². The number of thiophene rings is 1. The van der Waals surface area contributed by atoms with Crippen LogP contribution in [-0.4, -0.2) is 16.6 Å². The fraction of sp³-hybridized carbons (Fsp3) is 0.292. The number of rotatable bonds is 5. The van der Waals surface area contributed by atoms with E-state index >= 15 is 0 Å². The maximum absolute atomic E-state index is 12.5. The average Bonchev–Trinajstić information content (AvgIpc) is 3.22. The van der Waals surface area contributed by atoms with Crippen molar-refractivity contribution < 1.29 is 5.11 Å². The number of phenols is 1. The van der Waals surface area contributed by atoms with Gasteiger partial charge in [0, 0.05) is 28.3 Å². The summed E-state index contributed by atoms with van der Waals surface area (Å²) in [5, 5.41) is 14.6. The van der Waals surface area contributed by atoms with Crippen LogP contribution in [0.4, 0.5) is 0 Å². The highest BCUT2D eigenvalue weighted by Crippen LogP contribution is 2.42. The van der Waals surface area contributed by atoms with Gasteiger partial charge in [0.25, 0.3) is 5.56 Å². The van der Waals surface area contributed by atoms with Crippen molar-refractivity contribution in [2.75, 3.05) is 6.54 Å². The smallest absolute Gasteiger partial charge is 0.266 e. The number of aromatic hydroxyl groups is 1. The van der Waals surface area contributed by atoms with Crippen molar-refractivity contribution in [1.82, 2.24) is 4.98 Å². The van der Waals surface area contributed by atoms with Crippen LogP contribution in [-0.2, 0) is 5.41 Å². The lowest BCUT2D eigenvalue weighted by atomic mass is 9.75.